The predicted molar refractivity (Wildman–Crippen MR) is 76.0 cm³/mol. The number of nitriles is 1. The van der Waals surface area contributed by atoms with Crippen LogP contribution in [0.4, 0.5) is 11.6 Å². The third-order valence-electron chi connectivity index (χ3n) is 3.08. The number of aromatic nitrogens is 2. The van der Waals surface area contributed by atoms with E-state index in [4.69, 9.17) is 5.26 Å². The molecule has 1 aliphatic heterocycles. The Balaban J connectivity index is 2.12. The number of nitrogens with zero attached hydrogens (tertiary/aromatic N) is 4. The van der Waals surface area contributed by atoms with E-state index in [0.29, 0.717) is 0 Å². The van der Waals surface area contributed by atoms with Gasteiger partial charge in [-0.05, 0) is 33.6 Å². The van der Waals surface area contributed by atoms with Gasteiger partial charge in [0.1, 0.15) is 18.0 Å². The van der Waals surface area contributed by atoms with Crippen LogP contribution in [0.1, 0.15) is 33.6 Å². The van der Waals surface area contributed by atoms with Crippen LogP contribution in [-0.2, 0) is 0 Å². The molecule has 1 aliphatic rings. The highest BCUT2D eigenvalue weighted by atomic mass is 15.2. The van der Waals surface area contributed by atoms with Gasteiger partial charge in [-0.15, -0.1) is 0 Å². The van der Waals surface area contributed by atoms with Gasteiger partial charge < -0.3 is 10.2 Å². The maximum Gasteiger partial charge on any atom is 0.134 e. The maximum atomic E-state index is 9.04. The highest BCUT2D eigenvalue weighted by molar-refractivity contribution is 5.49. The minimum absolute atomic E-state index is 0.0251. The molecule has 1 N–H and O–H groups in total. The summed E-state index contributed by atoms with van der Waals surface area (Å²) < 4.78 is 0. The molecule has 0 spiro atoms. The number of rotatable bonds is 2. The number of anilines is 2. The zero-order valence-electron chi connectivity index (χ0n) is 11.8. The third kappa shape index (κ3) is 3.82. The van der Waals surface area contributed by atoms with E-state index in [-0.39, 0.29) is 11.5 Å². The number of piperidine rings is 1. The van der Waals surface area contributed by atoms with E-state index in [1.54, 1.807) is 6.33 Å². The average Bonchev–Trinajstić information content (AvgIpc) is 2.37. The van der Waals surface area contributed by atoms with Gasteiger partial charge in [0.15, 0.2) is 0 Å². The van der Waals surface area contributed by atoms with Gasteiger partial charge >= 0.3 is 0 Å². The standard InChI is InChI=1S/C14H21N5/c1-14(2,3)18-12-7-13(17-10-16-12)19-6-4-5-11(8-15)9-19/h7,10-11H,4-6,9H2,1-3H3,(H,16,17,18). The molecular formula is C14H21N5. The molecule has 1 aromatic rings. The van der Waals surface area contributed by atoms with Crippen molar-refractivity contribution in [2.24, 2.45) is 5.92 Å². The van der Waals surface area contributed by atoms with Crippen molar-refractivity contribution in [1.29, 1.82) is 5.26 Å². The molecule has 19 heavy (non-hydrogen) atoms. The Labute approximate surface area is 114 Å². The lowest BCUT2D eigenvalue weighted by molar-refractivity contribution is 0.490. The molecule has 0 aliphatic carbocycles. The quantitative estimate of drug-likeness (QED) is 0.883. The Bertz CT molecular complexity index is 471. The van der Waals surface area contributed by atoms with E-state index in [1.807, 2.05) is 6.07 Å². The normalized spacial score (nSPS) is 19.9. The molecule has 0 amide bonds. The Morgan fingerprint density at radius 2 is 2.21 bits per heavy atom. The van der Waals surface area contributed by atoms with Crippen molar-refractivity contribution in [2.45, 2.75) is 39.2 Å². The first kappa shape index (κ1) is 13.6. The van der Waals surface area contributed by atoms with Crippen LogP contribution in [0.5, 0.6) is 0 Å². The summed E-state index contributed by atoms with van der Waals surface area (Å²) in [6, 6.07) is 4.32. The van der Waals surface area contributed by atoms with Gasteiger partial charge in [0.25, 0.3) is 0 Å². The maximum absolute atomic E-state index is 9.04. The van der Waals surface area contributed by atoms with Crippen LogP contribution in [0.15, 0.2) is 12.4 Å². The smallest absolute Gasteiger partial charge is 0.134 e. The molecule has 0 bridgehead atoms. The van der Waals surface area contributed by atoms with Gasteiger partial charge in [-0.1, -0.05) is 0 Å². The highest BCUT2D eigenvalue weighted by Gasteiger charge is 2.21. The first-order valence-corrected chi connectivity index (χ1v) is 6.73. The molecule has 2 rings (SSSR count). The Morgan fingerprint density at radius 3 is 2.89 bits per heavy atom. The zero-order chi connectivity index (χ0) is 13.9. The van der Waals surface area contributed by atoms with E-state index in [1.165, 1.54) is 0 Å². The van der Waals surface area contributed by atoms with Crippen LogP contribution in [0, 0.1) is 17.2 Å². The molecule has 102 valence electrons. The molecule has 1 fully saturated rings. The fourth-order valence-corrected chi connectivity index (χ4v) is 2.26. The van der Waals surface area contributed by atoms with Gasteiger partial charge in [0, 0.05) is 24.7 Å². The molecule has 0 saturated carbocycles. The highest BCUT2D eigenvalue weighted by Crippen LogP contribution is 2.23. The second kappa shape index (κ2) is 5.43. The number of hydrogen-bond acceptors (Lipinski definition) is 5. The lowest BCUT2D eigenvalue weighted by atomic mass is 10.00. The lowest BCUT2D eigenvalue weighted by Crippen LogP contribution is -2.35. The van der Waals surface area contributed by atoms with Crippen molar-refractivity contribution < 1.29 is 0 Å². The predicted octanol–water partition coefficient (Wildman–Crippen LogP) is 2.43. The van der Waals surface area contributed by atoms with E-state index in [0.717, 1.165) is 37.6 Å². The molecular weight excluding hydrogens is 238 g/mol. The van der Waals surface area contributed by atoms with Crippen LogP contribution in [-0.4, -0.2) is 28.6 Å². The summed E-state index contributed by atoms with van der Waals surface area (Å²) >= 11 is 0. The Kier molecular flexibility index (Phi) is 3.89. The molecule has 5 nitrogen and oxygen atoms in total. The Hall–Kier alpha value is -1.83. The summed E-state index contributed by atoms with van der Waals surface area (Å²) in [6.45, 7) is 8.02. The van der Waals surface area contributed by atoms with Gasteiger partial charge in [-0.25, -0.2) is 9.97 Å². The van der Waals surface area contributed by atoms with Crippen molar-refractivity contribution in [1.82, 2.24) is 9.97 Å². The van der Waals surface area contributed by atoms with Gasteiger partial charge in [-0.2, -0.15) is 5.26 Å². The van der Waals surface area contributed by atoms with E-state index in [9.17, 15) is 0 Å². The molecule has 1 aromatic heterocycles. The van der Waals surface area contributed by atoms with Crippen LogP contribution in [0.2, 0.25) is 0 Å². The molecule has 0 aromatic carbocycles. The summed E-state index contributed by atoms with van der Waals surface area (Å²) in [6.07, 6.45) is 3.62. The van der Waals surface area contributed by atoms with Gasteiger partial charge in [0.2, 0.25) is 0 Å². The minimum Gasteiger partial charge on any atom is -0.365 e. The summed E-state index contributed by atoms with van der Waals surface area (Å²) in [5, 5.41) is 12.4. The van der Waals surface area contributed by atoms with Crippen LogP contribution < -0.4 is 10.2 Å². The number of nitrogens with one attached hydrogen (secondary N) is 1. The fourth-order valence-electron chi connectivity index (χ4n) is 2.26. The van der Waals surface area contributed by atoms with Crippen LogP contribution >= 0.6 is 0 Å². The van der Waals surface area contributed by atoms with Crippen LogP contribution in [0.3, 0.4) is 0 Å². The molecule has 5 heteroatoms. The largest absolute Gasteiger partial charge is 0.365 e. The summed E-state index contributed by atoms with van der Waals surface area (Å²) in [5.74, 6) is 1.85. The molecule has 0 radical (unpaired) electrons. The second-order valence-corrected chi connectivity index (χ2v) is 6.05. The second-order valence-electron chi connectivity index (χ2n) is 6.05. The summed E-state index contributed by atoms with van der Waals surface area (Å²) in [7, 11) is 0. The van der Waals surface area contributed by atoms with E-state index in [2.05, 4.69) is 47.0 Å². The summed E-state index contributed by atoms with van der Waals surface area (Å²) in [5.41, 5.74) is -0.0251. The van der Waals surface area contributed by atoms with Crippen molar-refractivity contribution in [3.05, 3.63) is 12.4 Å². The SMILES string of the molecule is CC(C)(C)Nc1cc(N2CCCC(C#N)C2)ncn1. The fraction of sp³-hybridized carbons (Fsp3) is 0.643. The molecule has 1 unspecified atom stereocenters. The van der Waals surface area contributed by atoms with Crippen molar-refractivity contribution in [3.8, 4) is 6.07 Å². The lowest BCUT2D eigenvalue weighted by Gasteiger charge is -2.31. The zero-order valence-corrected chi connectivity index (χ0v) is 11.8. The summed E-state index contributed by atoms with van der Waals surface area (Å²) in [4.78, 5) is 10.7. The number of hydrogen-bond donors (Lipinski definition) is 1. The van der Waals surface area contributed by atoms with Crippen LogP contribution in [0.25, 0.3) is 0 Å². The Morgan fingerprint density at radius 1 is 1.42 bits per heavy atom. The van der Waals surface area contributed by atoms with Crippen molar-refractivity contribution in [2.75, 3.05) is 23.3 Å². The minimum atomic E-state index is -0.0251. The third-order valence-corrected chi connectivity index (χ3v) is 3.08. The van der Waals surface area contributed by atoms with Crippen molar-refractivity contribution in [3.63, 3.8) is 0 Å². The van der Waals surface area contributed by atoms with E-state index >= 15 is 0 Å². The van der Waals surface area contributed by atoms with Gasteiger partial charge in [0.05, 0.1) is 12.0 Å². The van der Waals surface area contributed by atoms with E-state index < -0.39 is 0 Å². The monoisotopic (exact) mass is 259 g/mol. The molecule has 1 saturated heterocycles. The average molecular weight is 259 g/mol. The first-order valence-electron chi connectivity index (χ1n) is 6.73. The topological polar surface area (TPSA) is 64.8 Å². The van der Waals surface area contributed by atoms with Crippen molar-refractivity contribution >= 4 is 11.6 Å². The first-order chi connectivity index (χ1) is 8.98. The van der Waals surface area contributed by atoms with Gasteiger partial charge in [-0.3, -0.25) is 0 Å². The molecule has 1 atom stereocenters. The molecule has 2 heterocycles.